The van der Waals surface area contributed by atoms with E-state index in [9.17, 15) is 18.0 Å². The molecule has 2 rings (SSSR count). The molecule has 0 radical (unpaired) electrons. The third-order valence-corrected chi connectivity index (χ3v) is 4.45. The molecule has 1 amide bonds. The van der Waals surface area contributed by atoms with E-state index >= 15 is 0 Å². The van der Waals surface area contributed by atoms with Crippen LogP contribution in [-0.2, 0) is 24.1 Å². The molecular weight excluding hydrogens is 391 g/mol. The molecule has 0 spiro atoms. The maximum absolute atomic E-state index is 12.8. The maximum atomic E-state index is 12.8. The molecule has 1 N–H and O–H groups in total. The van der Waals surface area contributed by atoms with E-state index in [1.807, 2.05) is 6.92 Å². The van der Waals surface area contributed by atoms with E-state index in [0.717, 1.165) is 4.68 Å². The van der Waals surface area contributed by atoms with Crippen molar-refractivity contribution >= 4 is 21.8 Å². The Labute approximate surface area is 145 Å². The van der Waals surface area contributed by atoms with Crippen molar-refractivity contribution in [2.75, 3.05) is 0 Å². The predicted octanol–water partition coefficient (Wildman–Crippen LogP) is 3.07. The first-order chi connectivity index (χ1) is 11.1. The molecule has 132 valence electrons. The minimum atomic E-state index is -4.58. The Morgan fingerprint density at radius 1 is 1.42 bits per heavy atom. The van der Waals surface area contributed by atoms with Crippen LogP contribution in [0.4, 0.5) is 13.2 Å². The Kier molecular flexibility index (Phi) is 5.36. The van der Waals surface area contributed by atoms with Gasteiger partial charge in [-0.05, 0) is 42.8 Å². The Hall–Kier alpha value is -1.84. The fourth-order valence-corrected chi connectivity index (χ4v) is 2.65. The second-order valence-corrected chi connectivity index (χ2v) is 6.08. The van der Waals surface area contributed by atoms with Crippen LogP contribution in [0.2, 0.25) is 0 Å². The Morgan fingerprint density at radius 3 is 2.58 bits per heavy atom. The van der Waals surface area contributed by atoms with Gasteiger partial charge in [0.1, 0.15) is 6.54 Å². The molecule has 0 saturated carbocycles. The molecule has 0 fully saturated rings. The van der Waals surface area contributed by atoms with E-state index in [1.54, 1.807) is 23.9 Å². The van der Waals surface area contributed by atoms with Crippen LogP contribution in [0.15, 0.2) is 16.7 Å². The summed E-state index contributed by atoms with van der Waals surface area (Å²) in [6.45, 7) is 5.57. The number of hydrogen-bond acceptors (Lipinski definition) is 3. The van der Waals surface area contributed by atoms with Gasteiger partial charge >= 0.3 is 6.18 Å². The molecule has 1 atom stereocenters. The summed E-state index contributed by atoms with van der Waals surface area (Å²) in [4.78, 5) is 12.1. The van der Waals surface area contributed by atoms with Gasteiger partial charge in [-0.2, -0.15) is 23.4 Å². The number of carbonyl (C=O) groups is 1. The molecule has 2 aromatic rings. The second-order valence-electron chi connectivity index (χ2n) is 5.29. The van der Waals surface area contributed by atoms with Gasteiger partial charge < -0.3 is 5.32 Å². The first-order valence-corrected chi connectivity index (χ1v) is 8.05. The van der Waals surface area contributed by atoms with Crippen molar-refractivity contribution in [3.63, 3.8) is 0 Å². The number of hydrogen-bond donors (Lipinski definition) is 1. The maximum Gasteiger partial charge on any atom is 0.436 e. The van der Waals surface area contributed by atoms with E-state index in [2.05, 4.69) is 31.4 Å². The lowest BCUT2D eigenvalue weighted by molar-refractivity contribution is -0.142. The third-order valence-electron chi connectivity index (χ3n) is 3.50. The smallest absolute Gasteiger partial charge is 0.346 e. The van der Waals surface area contributed by atoms with Crippen molar-refractivity contribution in [3.8, 4) is 0 Å². The van der Waals surface area contributed by atoms with Gasteiger partial charge in [-0.15, -0.1) is 0 Å². The summed E-state index contributed by atoms with van der Waals surface area (Å²) in [6, 6.07) is 1.43. The minimum absolute atomic E-state index is 0.155. The summed E-state index contributed by atoms with van der Waals surface area (Å²) in [5.74, 6) is -0.444. The standard InChI is InChI=1S/C14H17BrF3N5O/c1-4-22-6-5-10(20-22)8(2)19-11(24)7-23-9(3)12(15)13(21-23)14(16,17)18/h5-6,8H,4,7H2,1-3H3,(H,19,24). The molecule has 0 bridgehead atoms. The summed E-state index contributed by atoms with van der Waals surface area (Å²) >= 11 is 2.88. The van der Waals surface area contributed by atoms with Crippen molar-refractivity contribution in [1.82, 2.24) is 24.9 Å². The van der Waals surface area contributed by atoms with Crippen molar-refractivity contribution in [3.05, 3.63) is 33.8 Å². The van der Waals surface area contributed by atoms with Crippen molar-refractivity contribution in [1.29, 1.82) is 0 Å². The molecule has 1 unspecified atom stereocenters. The number of nitrogens with one attached hydrogen (secondary N) is 1. The summed E-state index contributed by atoms with van der Waals surface area (Å²) < 4.78 is 41.1. The van der Waals surface area contributed by atoms with Gasteiger partial charge in [0.2, 0.25) is 5.91 Å². The fourth-order valence-electron chi connectivity index (χ4n) is 2.14. The van der Waals surface area contributed by atoms with Gasteiger partial charge in [0.25, 0.3) is 0 Å². The summed E-state index contributed by atoms with van der Waals surface area (Å²) in [5, 5.41) is 10.5. The molecule has 0 aliphatic carbocycles. The summed E-state index contributed by atoms with van der Waals surface area (Å²) in [7, 11) is 0. The summed E-state index contributed by atoms with van der Waals surface area (Å²) in [5.41, 5.74) is -0.123. The predicted molar refractivity (Wildman–Crippen MR) is 84.1 cm³/mol. The number of amides is 1. The van der Waals surface area contributed by atoms with Crippen LogP contribution in [0.1, 0.15) is 37.0 Å². The van der Waals surface area contributed by atoms with E-state index in [0.29, 0.717) is 12.2 Å². The van der Waals surface area contributed by atoms with Crippen LogP contribution in [0, 0.1) is 6.92 Å². The molecular formula is C14H17BrF3N5O. The first-order valence-electron chi connectivity index (χ1n) is 7.26. The number of rotatable bonds is 5. The Bertz CT molecular complexity index is 737. The van der Waals surface area contributed by atoms with Crippen LogP contribution < -0.4 is 5.32 Å². The van der Waals surface area contributed by atoms with Gasteiger partial charge in [-0.3, -0.25) is 14.2 Å². The first kappa shape index (κ1) is 18.5. The van der Waals surface area contributed by atoms with Crippen LogP contribution >= 0.6 is 15.9 Å². The Morgan fingerprint density at radius 2 is 2.08 bits per heavy atom. The van der Waals surface area contributed by atoms with Crippen molar-refractivity contribution in [2.24, 2.45) is 0 Å². The molecule has 10 heteroatoms. The zero-order chi connectivity index (χ0) is 18.1. The molecule has 0 aliphatic heterocycles. The number of carbonyl (C=O) groups excluding carboxylic acids is 1. The zero-order valence-corrected chi connectivity index (χ0v) is 14.9. The highest BCUT2D eigenvalue weighted by Crippen LogP contribution is 2.35. The molecule has 6 nitrogen and oxygen atoms in total. The SMILES string of the molecule is CCn1ccc(C(C)NC(=O)Cn2nc(C(F)(F)F)c(Br)c2C)n1. The average molecular weight is 408 g/mol. The lowest BCUT2D eigenvalue weighted by atomic mass is 10.2. The average Bonchev–Trinajstić information content (AvgIpc) is 3.07. The number of aromatic nitrogens is 4. The Balaban J connectivity index is 2.07. The number of nitrogens with zero attached hydrogens (tertiary/aromatic N) is 4. The largest absolute Gasteiger partial charge is 0.436 e. The van der Waals surface area contributed by atoms with Gasteiger partial charge in [-0.25, -0.2) is 0 Å². The lowest BCUT2D eigenvalue weighted by Crippen LogP contribution is -2.31. The van der Waals surface area contributed by atoms with E-state index in [4.69, 9.17) is 0 Å². The quantitative estimate of drug-likeness (QED) is 0.827. The highest BCUT2D eigenvalue weighted by Gasteiger charge is 2.38. The van der Waals surface area contributed by atoms with E-state index < -0.39 is 17.8 Å². The molecule has 2 aromatic heterocycles. The molecule has 0 aliphatic rings. The number of halogens is 4. The molecule has 2 heterocycles. The minimum Gasteiger partial charge on any atom is -0.346 e. The second kappa shape index (κ2) is 6.96. The summed E-state index contributed by atoms with van der Waals surface area (Å²) in [6.07, 6.45) is -2.78. The highest BCUT2D eigenvalue weighted by molar-refractivity contribution is 9.10. The molecule has 0 saturated heterocycles. The third kappa shape index (κ3) is 3.97. The number of alkyl halides is 3. The van der Waals surface area contributed by atoms with Crippen LogP contribution in [-0.4, -0.2) is 25.5 Å². The van der Waals surface area contributed by atoms with Gasteiger partial charge in [-0.1, -0.05) is 0 Å². The van der Waals surface area contributed by atoms with Crippen molar-refractivity contribution < 1.29 is 18.0 Å². The van der Waals surface area contributed by atoms with Crippen LogP contribution in [0.5, 0.6) is 0 Å². The van der Waals surface area contributed by atoms with Gasteiger partial charge in [0, 0.05) is 12.7 Å². The number of aryl methyl sites for hydroxylation is 1. The normalized spacial score (nSPS) is 13.1. The molecule has 0 aromatic carbocycles. The van der Waals surface area contributed by atoms with Gasteiger partial charge in [0.15, 0.2) is 5.69 Å². The monoisotopic (exact) mass is 407 g/mol. The highest BCUT2D eigenvalue weighted by atomic mass is 79.9. The fraction of sp³-hybridized carbons (Fsp3) is 0.500. The van der Waals surface area contributed by atoms with Crippen LogP contribution in [0.25, 0.3) is 0 Å². The zero-order valence-electron chi connectivity index (χ0n) is 13.4. The van der Waals surface area contributed by atoms with Gasteiger partial charge in [0.05, 0.1) is 21.9 Å². The molecule has 24 heavy (non-hydrogen) atoms. The lowest BCUT2D eigenvalue weighted by Gasteiger charge is -2.12. The topological polar surface area (TPSA) is 64.7 Å². The van der Waals surface area contributed by atoms with E-state index in [-0.39, 0.29) is 22.8 Å². The van der Waals surface area contributed by atoms with E-state index in [1.165, 1.54) is 6.92 Å². The van der Waals surface area contributed by atoms with Crippen molar-refractivity contribution in [2.45, 2.75) is 46.1 Å². The van der Waals surface area contributed by atoms with Crippen LogP contribution in [0.3, 0.4) is 0 Å².